The van der Waals surface area contributed by atoms with Gasteiger partial charge in [-0.05, 0) is 30.0 Å². The number of aromatic nitrogens is 1. The van der Waals surface area contributed by atoms with E-state index in [0.29, 0.717) is 13.0 Å². The number of carbonyl (C=O) groups excluding carboxylic acids is 2. The van der Waals surface area contributed by atoms with E-state index in [2.05, 4.69) is 10.4 Å². The lowest BCUT2D eigenvalue weighted by Gasteiger charge is -2.25. The van der Waals surface area contributed by atoms with Crippen LogP contribution in [0.25, 0.3) is 0 Å². The predicted molar refractivity (Wildman–Crippen MR) is 107 cm³/mol. The molecule has 8 heteroatoms. The van der Waals surface area contributed by atoms with Crippen molar-refractivity contribution in [2.75, 3.05) is 20.1 Å². The largest absolute Gasteiger partial charge is 0.353 e. The molecule has 1 atom stereocenters. The minimum absolute atomic E-state index is 0.0162. The maximum atomic E-state index is 13.0. The Hall–Kier alpha value is -2.61. The van der Waals surface area contributed by atoms with Gasteiger partial charge in [0.05, 0.1) is 10.6 Å². The zero-order chi connectivity index (χ0) is 19.4. The van der Waals surface area contributed by atoms with Gasteiger partial charge in [-0.25, -0.2) is 9.80 Å². The van der Waals surface area contributed by atoms with Crippen molar-refractivity contribution in [2.24, 2.45) is 12.1 Å². The van der Waals surface area contributed by atoms with Crippen LogP contribution in [0.4, 0.5) is 4.79 Å². The Labute approximate surface area is 163 Å². The average Bonchev–Trinajstić information content (AvgIpc) is 3.38. The average molecular weight is 388 g/mol. The normalized spacial score (nSPS) is 16.3. The van der Waals surface area contributed by atoms with Crippen molar-refractivity contribution in [2.45, 2.75) is 25.8 Å². The van der Waals surface area contributed by atoms with Crippen LogP contribution >= 0.6 is 11.3 Å². The number of aryl methyl sites for hydroxylation is 1. The number of hydrogen-bond acceptors (Lipinski definition) is 4. The molecule has 3 rings (SSSR count). The lowest BCUT2D eigenvalue weighted by molar-refractivity contribution is -0.133. The summed E-state index contributed by atoms with van der Waals surface area (Å²) >= 11 is 1.62. The molecule has 1 aliphatic heterocycles. The number of nitrogens with zero attached hydrogens (tertiary/aromatic N) is 4. The lowest BCUT2D eigenvalue weighted by atomic mass is 10.1. The summed E-state index contributed by atoms with van der Waals surface area (Å²) in [5.41, 5.74) is 1.93. The maximum absolute atomic E-state index is 13.0. The first-order valence-electron chi connectivity index (χ1n) is 9.04. The van der Waals surface area contributed by atoms with Crippen molar-refractivity contribution in [3.8, 4) is 0 Å². The van der Waals surface area contributed by atoms with Gasteiger partial charge in [-0.1, -0.05) is 13.0 Å². The van der Waals surface area contributed by atoms with Crippen LogP contribution in [0.3, 0.4) is 0 Å². The smallest absolute Gasteiger partial charge is 0.317 e. The van der Waals surface area contributed by atoms with Gasteiger partial charge in [0.15, 0.2) is 0 Å². The van der Waals surface area contributed by atoms with Gasteiger partial charge in [0.25, 0.3) is 5.91 Å². The summed E-state index contributed by atoms with van der Waals surface area (Å²) in [6.07, 6.45) is 3.48. The molecule has 0 saturated carbocycles. The van der Waals surface area contributed by atoms with Gasteiger partial charge in [-0.3, -0.25) is 4.79 Å². The molecule has 0 aromatic carbocycles. The van der Waals surface area contributed by atoms with E-state index >= 15 is 0 Å². The molecule has 0 saturated heterocycles. The van der Waals surface area contributed by atoms with Gasteiger partial charge in [-0.2, -0.15) is 5.10 Å². The molecule has 144 valence electrons. The second-order valence-corrected chi connectivity index (χ2v) is 7.56. The highest BCUT2D eigenvalue weighted by atomic mass is 32.1. The summed E-state index contributed by atoms with van der Waals surface area (Å²) in [7, 11) is 3.59. The minimum Gasteiger partial charge on any atom is -0.353 e. The third-order valence-electron chi connectivity index (χ3n) is 4.54. The van der Waals surface area contributed by atoms with Gasteiger partial charge >= 0.3 is 6.03 Å². The predicted octanol–water partition coefficient (Wildman–Crippen LogP) is 2.82. The van der Waals surface area contributed by atoms with Crippen molar-refractivity contribution < 1.29 is 9.59 Å². The molecular formula is C19H25N5O2S. The van der Waals surface area contributed by atoms with Crippen molar-refractivity contribution >= 4 is 29.0 Å². The van der Waals surface area contributed by atoms with E-state index < -0.39 is 0 Å². The highest BCUT2D eigenvalue weighted by Crippen LogP contribution is 2.33. The lowest BCUT2D eigenvalue weighted by Crippen LogP contribution is -2.44. The topological polar surface area (TPSA) is 69.9 Å². The molecule has 2 aromatic rings. The summed E-state index contributed by atoms with van der Waals surface area (Å²) in [6, 6.07) is 7.56. The molecule has 27 heavy (non-hydrogen) atoms. The van der Waals surface area contributed by atoms with E-state index in [4.69, 9.17) is 0 Å². The molecule has 1 N–H and O–H groups in total. The first kappa shape index (κ1) is 19.2. The standard InChI is InChI=1S/C19H25N5O2S/c1-4-9-20-19(26)23(3)13-18(25)24-16(15-7-5-10-22(15)2)12-14(21-24)17-8-6-11-27-17/h5-8,10-11,16H,4,9,12-13H2,1-3H3,(H,20,26). The Morgan fingerprint density at radius 2 is 2.19 bits per heavy atom. The molecule has 1 unspecified atom stereocenters. The number of thiophene rings is 1. The Kier molecular flexibility index (Phi) is 5.95. The number of likely N-dealkylation sites (N-methyl/N-ethyl adjacent to an activating group) is 1. The Morgan fingerprint density at radius 3 is 2.81 bits per heavy atom. The van der Waals surface area contributed by atoms with Crippen LogP contribution in [0.5, 0.6) is 0 Å². The number of rotatable bonds is 6. The summed E-state index contributed by atoms with van der Waals surface area (Å²) in [5.74, 6) is -0.193. The van der Waals surface area contributed by atoms with Gasteiger partial charge < -0.3 is 14.8 Å². The maximum Gasteiger partial charge on any atom is 0.317 e. The first-order chi connectivity index (χ1) is 13.0. The van der Waals surface area contributed by atoms with Crippen LogP contribution in [-0.2, 0) is 11.8 Å². The fourth-order valence-electron chi connectivity index (χ4n) is 3.10. The molecule has 7 nitrogen and oxygen atoms in total. The minimum atomic E-state index is -0.248. The number of carbonyl (C=O) groups is 2. The van der Waals surface area contributed by atoms with E-state index in [0.717, 1.165) is 22.7 Å². The third kappa shape index (κ3) is 4.21. The van der Waals surface area contributed by atoms with Crippen molar-refractivity contribution in [1.82, 2.24) is 19.8 Å². The van der Waals surface area contributed by atoms with Gasteiger partial charge in [-0.15, -0.1) is 11.3 Å². The van der Waals surface area contributed by atoms with Crippen molar-refractivity contribution in [1.29, 1.82) is 0 Å². The number of urea groups is 1. The molecule has 0 bridgehead atoms. The molecule has 1 aliphatic rings. The van der Waals surface area contributed by atoms with Crippen LogP contribution in [0.1, 0.15) is 36.4 Å². The SMILES string of the molecule is CCCNC(=O)N(C)CC(=O)N1N=C(c2cccs2)CC1c1cccn1C. The highest BCUT2D eigenvalue weighted by Gasteiger charge is 2.35. The molecule has 2 aromatic heterocycles. The fourth-order valence-corrected chi connectivity index (χ4v) is 3.82. The second-order valence-electron chi connectivity index (χ2n) is 6.61. The zero-order valence-electron chi connectivity index (χ0n) is 15.9. The van der Waals surface area contributed by atoms with Gasteiger partial charge in [0.2, 0.25) is 0 Å². The Bertz CT molecular complexity index is 827. The third-order valence-corrected chi connectivity index (χ3v) is 5.46. The van der Waals surface area contributed by atoms with E-state index in [-0.39, 0.29) is 24.5 Å². The van der Waals surface area contributed by atoms with Gasteiger partial charge in [0.1, 0.15) is 12.6 Å². The van der Waals surface area contributed by atoms with Crippen LogP contribution in [0.2, 0.25) is 0 Å². The van der Waals surface area contributed by atoms with Crippen LogP contribution in [0.15, 0.2) is 40.9 Å². The molecule has 3 heterocycles. The number of amides is 3. The Morgan fingerprint density at radius 1 is 1.37 bits per heavy atom. The summed E-state index contributed by atoms with van der Waals surface area (Å²) in [5, 5.41) is 10.9. The van der Waals surface area contributed by atoms with Crippen molar-refractivity contribution in [3.63, 3.8) is 0 Å². The summed E-state index contributed by atoms with van der Waals surface area (Å²) in [6.45, 7) is 2.56. The van der Waals surface area contributed by atoms with Crippen LogP contribution in [-0.4, -0.2) is 52.3 Å². The molecule has 0 aliphatic carbocycles. The second kappa shape index (κ2) is 8.39. The molecule has 0 radical (unpaired) electrons. The quantitative estimate of drug-likeness (QED) is 0.828. The highest BCUT2D eigenvalue weighted by molar-refractivity contribution is 7.12. The number of hydrogen-bond donors (Lipinski definition) is 1. The van der Waals surface area contributed by atoms with E-state index in [1.54, 1.807) is 18.4 Å². The first-order valence-corrected chi connectivity index (χ1v) is 9.92. The number of nitrogens with one attached hydrogen (secondary N) is 1. The van der Waals surface area contributed by atoms with E-state index in [9.17, 15) is 9.59 Å². The molecule has 0 fully saturated rings. The van der Waals surface area contributed by atoms with Crippen LogP contribution < -0.4 is 5.32 Å². The Balaban J connectivity index is 1.79. The van der Waals surface area contributed by atoms with E-state index in [1.165, 1.54) is 9.91 Å². The summed E-state index contributed by atoms with van der Waals surface area (Å²) in [4.78, 5) is 27.5. The van der Waals surface area contributed by atoms with Crippen molar-refractivity contribution in [3.05, 3.63) is 46.4 Å². The zero-order valence-corrected chi connectivity index (χ0v) is 16.7. The molecular weight excluding hydrogens is 362 g/mol. The summed E-state index contributed by atoms with van der Waals surface area (Å²) < 4.78 is 2.01. The van der Waals surface area contributed by atoms with Gasteiger partial charge in [0, 0.05) is 39.0 Å². The monoisotopic (exact) mass is 387 g/mol. The molecule has 0 spiro atoms. The fraction of sp³-hybridized carbons (Fsp3) is 0.421. The van der Waals surface area contributed by atoms with Crippen LogP contribution in [0, 0.1) is 0 Å². The van der Waals surface area contributed by atoms with E-state index in [1.807, 2.05) is 54.4 Å². The number of hydrazone groups is 1. The molecule has 3 amide bonds.